The Morgan fingerprint density at radius 3 is 2.61 bits per heavy atom. The lowest BCUT2D eigenvalue weighted by atomic mass is 9.87. The quantitative estimate of drug-likeness (QED) is 0.485. The van der Waals surface area contributed by atoms with E-state index in [1.807, 2.05) is 0 Å². The molecule has 1 aromatic heterocycles. The van der Waals surface area contributed by atoms with Gasteiger partial charge < -0.3 is 15.8 Å². The van der Waals surface area contributed by atoms with Crippen molar-refractivity contribution >= 4 is 27.6 Å². The van der Waals surface area contributed by atoms with Crippen LogP contribution in [-0.4, -0.2) is 28.2 Å². The summed E-state index contributed by atoms with van der Waals surface area (Å²) in [6.07, 6.45) is 5.93. The third-order valence-corrected chi connectivity index (χ3v) is 4.31. The van der Waals surface area contributed by atoms with Gasteiger partial charge in [-0.15, -0.1) is 0 Å². The minimum Gasteiger partial charge on any atom is -0.396 e. The summed E-state index contributed by atoms with van der Waals surface area (Å²) in [5, 5.41) is 12.8. The van der Waals surface area contributed by atoms with Crippen LogP contribution in [0.25, 0.3) is 0 Å². The van der Waals surface area contributed by atoms with Crippen LogP contribution in [0.1, 0.15) is 25.7 Å². The monoisotopic (exact) mass is 315 g/mol. The van der Waals surface area contributed by atoms with Crippen molar-refractivity contribution in [2.24, 2.45) is 11.3 Å². The van der Waals surface area contributed by atoms with Gasteiger partial charge in [-0.25, -0.2) is 15.8 Å². The Labute approximate surface area is 114 Å². The molecule has 1 saturated carbocycles. The van der Waals surface area contributed by atoms with E-state index in [4.69, 9.17) is 5.84 Å². The van der Waals surface area contributed by atoms with Gasteiger partial charge >= 0.3 is 0 Å². The number of rotatable bonds is 5. The predicted octanol–water partition coefficient (Wildman–Crippen LogP) is 1.49. The third-order valence-electron chi connectivity index (χ3n) is 3.56. The molecule has 1 aliphatic carbocycles. The average Bonchev–Trinajstić information content (AvgIpc) is 2.87. The fraction of sp³-hybridized carbons (Fsp3) is 0.636. The van der Waals surface area contributed by atoms with Gasteiger partial charge in [-0.2, -0.15) is 0 Å². The van der Waals surface area contributed by atoms with Crippen LogP contribution >= 0.6 is 15.9 Å². The number of nitrogens with two attached hydrogens (primary N) is 1. The molecular weight excluding hydrogens is 298 g/mol. The van der Waals surface area contributed by atoms with E-state index >= 15 is 0 Å². The van der Waals surface area contributed by atoms with Crippen molar-refractivity contribution in [3.8, 4) is 0 Å². The second kappa shape index (κ2) is 5.81. The lowest BCUT2D eigenvalue weighted by molar-refractivity contribution is 0.142. The molecule has 1 aromatic rings. The highest BCUT2D eigenvalue weighted by molar-refractivity contribution is 9.10. The number of aliphatic hydroxyl groups is 1. The van der Waals surface area contributed by atoms with Gasteiger partial charge in [0.25, 0.3) is 0 Å². The lowest BCUT2D eigenvalue weighted by Gasteiger charge is -2.27. The first-order chi connectivity index (χ1) is 8.71. The van der Waals surface area contributed by atoms with E-state index in [0.717, 1.165) is 12.8 Å². The number of aromatic nitrogens is 2. The van der Waals surface area contributed by atoms with Crippen molar-refractivity contribution in [1.29, 1.82) is 0 Å². The van der Waals surface area contributed by atoms with Crippen molar-refractivity contribution < 1.29 is 5.11 Å². The van der Waals surface area contributed by atoms with Crippen molar-refractivity contribution in [2.75, 3.05) is 23.9 Å². The SMILES string of the molecule is NNc1ncnc(NCC2(CO)CCCC2)c1Br. The first-order valence-electron chi connectivity index (χ1n) is 6.03. The fourth-order valence-electron chi connectivity index (χ4n) is 2.38. The third kappa shape index (κ3) is 2.73. The van der Waals surface area contributed by atoms with Crippen LogP contribution in [0, 0.1) is 5.41 Å². The van der Waals surface area contributed by atoms with Crippen molar-refractivity contribution in [1.82, 2.24) is 9.97 Å². The highest BCUT2D eigenvalue weighted by Crippen LogP contribution is 2.38. The van der Waals surface area contributed by atoms with Crippen molar-refractivity contribution in [2.45, 2.75) is 25.7 Å². The van der Waals surface area contributed by atoms with Gasteiger partial charge in [0.1, 0.15) is 16.6 Å². The number of hydrogen-bond acceptors (Lipinski definition) is 6. The van der Waals surface area contributed by atoms with Crippen molar-refractivity contribution in [3.05, 3.63) is 10.8 Å². The van der Waals surface area contributed by atoms with Crippen LogP contribution in [0.5, 0.6) is 0 Å². The van der Waals surface area contributed by atoms with Gasteiger partial charge in [0, 0.05) is 12.0 Å². The highest BCUT2D eigenvalue weighted by atomic mass is 79.9. The fourth-order valence-corrected chi connectivity index (χ4v) is 2.84. The largest absolute Gasteiger partial charge is 0.396 e. The minimum absolute atomic E-state index is 0.0132. The number of halogens is 1. The molecule has 0 atom stereocenters. The zero-order valence-electron chi connectivity index (χ0n) is 10.1. The number of anilines is 2. The summed E-state index contributed by atoms with van der Waals surface area (Å²) >= 11 is 3.40. The van der Waals surface area contributed by atoms with Gasteiger partial charge in [0.15, 0.2) is 5.82 Å². The number of nitrogens with one attached hydrogen (secondary N) is 2. The second-order valence-electron chi connectivity index (χ2n) is 4.75. The van der Waals surface area contributed by atoms with Crippen LogP contribution < -0.4 is 16.6 Å². The number of hydrogen-bond donors (Lipinski definition) is 4. The molecule has 7 heteroatoms. The second-order valence-corrected chi connectivity index (χ2v) is 5.54. The van der Waals surface area contributed by atoms with Gasteiger partial charge in [-0.3, -0.25) is 0 Å². The van der Waals surface area contributed by atoms with Gasteiger partial charge in [-0.05, 0) is 28.8 Å². The molecule has 1 aliphatic rings. The smallest absolute Gasteiger partial charge is 0.159 e. The molecule has 0 radical (unpaired) electrons. The molecule has 0 bridgehead atoms. The standard InChI is InChI=1S/C11H18BrN5O/c12-8-9(15-7-16-10(8)17-13)14-5-11(6-18)3-1-2-4-11/h7,18H,1-6,13H2,(H2,14,15,16,17). The van der Waals surface area contributed by atoms with E-state index in [1.165, 1.54) is 19.2 Å². The Morgan fingerprint density at radius 2 is 2.00 bits per heavy atom. The topological polar surface area (TPSA) is 96.1 Å². The molecular formula is C11H18BrN5O. The molecule has 6 nitrogen and oxygen atoms in total. The number of nitrogens with zero attached hydrogens (tertiary/aromatic N) is 2. The van der Waals surface area contributed by atoms with Crippen LogP contribution in [-0.2, 0) is 0 Å². The first kappa shape index (κ1) is 13.5. The number of nitrogen functional groups attached to an aromatic ring is 1. The Bertz CT molecular complexity index is 408. The van der Waals surface area contributed by atoms with E-state index in [2.05, 4.69) is 36.6 Å². The molecule has 0 unspecified atom stereocenters. The summed E-state index contributed by atoms with van der Waals surface area (Å²) in [5.41, 5.74) is 2.49. The van der Waals surface area contributed by atoms with Gasteiger partial charge in [0.2, 0.25) is 0 Å². The molecule has 0 spiro atoms. The maximum Gasteiger partial charge on any atom is 0.159 e. The normalized spacial score (nSPS) is 17.7. The summed E-state index contributed by atoms with van der Waals surface area (Å²) in [4.78, 5) is 8.16. The Kier molecular flexibility index (Phi) is 4.36. The Hall–Kier alpha value is -0.920. The summed E-state index contributed by atoms with van der Waals surface area (Å²) in [6, 6.07) is 0. The summed E-state index contributed by atoms with van der Waals surface area (Å²) in [5.74, 6) is 6.58. The van der Waals surface area contributed by atoms with Crippen molar-refractivity contribution in [3.63, 3.8) is 0 Å². The Balaban J connectivity index is 2.05. The van der Waals surface area contributed by atoms with E-state index in [9.17, 15) is 5.11 Å². The van der Waals surface area contributed by atoms with Crippen LogP contribution in [0.15, 0.2) is 10.8 Å². The summed E-state index contributed by atoms with van der Waals surface area (Å²) in [7, 11) is 0. The van der Waals surface area contributed by atoms with E-state index < -0.39 is 0 Å². The minimum atomic E-state index is -0.0132. The van der Waals surface area contributed by atoms with E-state index in [1.54, 1.807) is 0 Å². The van der Waals surface area contributed by atoms with Crippen LogP contribution in [0.2, 0.25) is 0 Å². The number of hydrazine groups is 1. The lowest BCUT2D eigenvalue weighted by Crippen LogP contribution is -2.31. The molecule has 1 heterocycles. The first-order valence-corrected chi connectivity index (χ1v) is 6.82. The zero-order chi connectivity index (χ0) is 13.0. The van der Waals surface area contributed by atoms with E-state index in [-0.39, 0.29) is 12.0 Å². The molecule has 100 valence electrons. The van der Waals surface area contributed by atoms with Gasteiger partial charge in [-0.1, -0.05) is 12.8 Å². The highest BCUT2D eigenvalue weighted by Gasteiger charge is 2.33. The maximum atomic E-state index is 9.55. The molecule has 0 amide bonds. The molecule has 18 heavy (non-hydrogen) atoms. The predicted molar refractivity (Wildman–Crippen MR) is 74.0 cm³/mol. The molecule has 2 rings (SSSR count). The van der Waals surface area contributed by atoms with Crippen LogP contribution in [0.3, 0.4) is 0 Å². The average molecular weight is 316 g/mol. The summed E-state index contributed by atoms with van der Waals surface area (Å²) in [6.45, 7) is 0.924. The van der Waals surface area contributed by atoms with Gasteiger partial charge in [0.05, 0.1) is 6.61 Å². The maximum absolute atomic E-state index is 9.55. The van der Waals surface area contributed by atoms with Crippen LogP contribution in [0.4, 0.5) is 11.6 Å². The molecule has 0 aromatic carbocycles. The molecule has 1 fully saturated rings. The Morgan fingerprint density at radius 1 is 1.33 bits per heavy atom. The van der Waals surface area contributed by atoms with E-state index in [0.29, 0.717) is 22.7 Å². The summed E-state index contributed by atoms with van der Waals surface area (Å²) < 4.78 is 0.707. The molecule has 0 saturated heterocycles. The molecule has 5 N–H and O–H groups in total. The molecule has 0 aliphatic heterocycles. The number of aliphatic hydroxyl groups excluding tert-OH is 1. The zero-order valence-corrected chi connectivity index (χ0v) is 11.7.